The summed E-state index contributed by atoms with van der Waals surface area (Å²) in [7, 11) is 3.08. The second-order valence-electron chi connectivity index (χ2n) is 6.58. The molecule has 0 unspecified atom stereocenters. The van der Waals surface area contributed by atoms with Gasteiger partial charge in [0.25, 0.3) is 0 Å². The molecule has 0 spiro atoms. The standard InChI is InChI=1S/C24H17ClO6/c1-28-17-8-3-14(4-9-17)22-23(21(26)19-13-16(25)7-12-20(19)30-22)31-24(27)15-5-10-18(29-2)11-6-15/h3-13H,1-2H3. The predicted octanol–water partition coefficient (Wildman–Crippen LogP) is 5.35. The molecule has 3 aromatic carbocycles. The lowest BCUT2D eigenvalue weighted by atomic mass is 10.1. The highest BCUT2D eigenvalue weighted by Gasteiger charge is 2.21. The van der Waals surface area contributed by atoms with Crippen molar-refractivity contribution in [3.8, 4) is 28.6 Å². The SMILES string of the molecule is COc1ccc(C(=O)Oc2c(-c3ccc(OC)cc3)oc3ccc(Cl)cc3c2=O)cc1. The number of ether oxygens (including phenoxy) is 3. The van der Waals surface area contributed by atoms with Crippen LogP contribution in [0.2, 0.25) is 5.02 Å². The van der Waals surface area contributed by atoms with E-state index in [-0.39, 0.29) is 22.5 Å². The quantitative estimate of drug-likeness (QED) is 0.392. The van der Waals surface area contributed by atoms with Gasteiger partial charge in [0.05, 0.1) is 25.2 Å². The lowest BCUT2D eigenvalue weighted by Crippen LogP contribution is -2.16. The van der Waals surface area contributed by atoms with Crippen molar-refractivity contribution in [2.75, 3.05) is 14.2 Å². The van der Waals surface area contributed by atoms with Gasteiger partial charge in [-0.05, 0) is 66.7 Å². The van der Waals surface area contributed by atoms with Crippen LogP contribution in [-0.2, 0) is 0 Å². The molecule has 156 valence electrons. The molecule has 0 aliphatic rings. The van der Waals surface area contributed by atoms with Crippen molar-refractivity contribution in [3.05, 3.63) is 87.5 Å². The van der Waals surface area contributed by atoms with Crippen LogP contribution in [0, 0.1) is 0 Å². The molecule has 0 bridgehead atoms. The molecule has 6 nitrogen and oxygen atoms in total. The van der Waals surface area contributed by atoms with Crippen molar-refractivity contribution < 1.29 is 23.4 Å². The maximum atomic E-state index is 13.2. The van der Waals surface area contributed by atoms with Gasteiger partial charge in [0, 0.05) is 10.6 Å². The van der Waals surface area contributed by atoms with Crippen molar-refractivity contribution in [1.82, 2.24) is 0 Å². The van der Waals surface area contributed by atoms with E-state index in [0.29, 0.717) is 27.7 Å². The molecule has 0 amide bonds. The Kier molecular flexibility index (Phi) is 5.64. The lowest BCUT2D eigenvalue weighted by Gasteiger charge is -2.11. The number of methoxy groups -OCH3 is 2. The largest absolute Gasteiger partial charge is 0.497 e. The van der Waals surface area contributed by atoms with Gasteiger partial charge in [-0.15, -0.1) is 0 Å². The van der Waals surface area contributed by atoms with E-state index in [4.69, 9.17) is 30.2 Å². The summed E-state index contributed by atoms with van der Waals surface area (Å²) in [6.45, 7) is 0. The van der Waals surface area contributed by atoms with E-state index in [1.54, 1.807) is 67.8 Å². The zero-order chi connectivity index (χ0) is 22.0. The number of esters is 1. The summed E-state index contributed by atoms with van der Waals surface area (Å²) in [5.41, 5.74) is 0.625. The maximum absolute atomic E-state index is 13.2. The number of carbonyl (C=O) groups is 1. The van der Waals surface area contributed by atoms with Gasteiger partial charge in [-0.3, -0.25) is 4.79 Å². The Hall–Kier alpha value is -3.77. The van der Waals surface area contributed by atoms with E-state index in [2.05, 4.69) is 0 Å². The third-order valence-electron chi connectivity index (χ3n) is 4.68. The maximum Gasteiger partial charge on any atom is 0.343 e. The molecular formula is C24H17ClO6. The molecule has 0 saturated heterocycles. The third-order valence-corrected chi connectivity index (χ3v) is 4.92. The first-order chi connectivity index (χ1) is 15.0. The molecule has 0 radical (unpaired) electrons. The van der Waals surface area contributed by atoms with Crippen LogP contribution in [0.4, 0.5) is 0 Å². The molecule has 4 rings (SSSR count). The Labute approximate surface area is 182 Å². The number of rotatable bonds is 5. The van der Waals surface area contributed by atoms with Crippen LogP contribution in [0.1, 0.15) is 10.4 Å². The van der Waals surface area contributed by atoms with Crippen molar-refractivity contribution in [1.29, 1.82) is 0 Å². The molecule has 7 heteroatoms. The highest BCUT2D eigenvalue weighted by molar-refractivity contribution is 6.31. The smallest absolute Gasteiger partial charge is 0.343 e. The summed E-state index contributed by atoms with van der Waals surface area (Å²) in [5.74, 6) is 0.432. The molecule has 31 heavy (non-hydrogen) atoms. The molecule has 0 aliphatic carbocycles. The number of benzene rings is 3. The zero-order valence-electron chi connectivity index (χ0n) is 16.7. The van der Waals surface area contributed by atoms with Crippen LogP contribution in [0.25, 0.3) is 22.3 Å². The van der Waals surface area contributed by atoms with Gasteiger partial charge >= 0.3 is 5.97 Å². The first kappa shape index (κ1) is 20.5. The minimum atomic E-state index is -0.703. The minimum absolute atomic E-state index is 0.129. The Bertz CT molecular complexity index is 1310. The molecular weight excluding hydrogens is 420 g/mol. The van der Waals surface area contributed by atoms with E-state index in [9.17, 15) is 9.59 Å². The number of halogens is 1. The fraction of sp³-hybridized carbons (Fsp3) is 0.0833. The fourth-order valence-electron chi connectivity index (χ4n) is 3.05. The van der Waals surface area contributed by atoms with Crippen LogP contribution < -0.4 is 19.6 Å². The molecule has 0 atom stereocenters. The van der Waals surface area contributed by atoms with E-state index >= 15 is 0 Å². The van der Waals surface area contributed by atoms with E-state index in [1.807, 2.05) is 0 Å². The number of hydrogen-bond donors (Lipinski definition) is 0. The van der Waals surface area contributed by atoms with Crippen LogP contribution in [0.5, 0.6) is 17.2 Å². The monoisotopic (exact) mass is 436 g/mol. The van der Waals surface area contributed by atoms with Crippen LogP contribution >= 0.6 is 11.6 Å². The van der Waals surface area contributed by atoms with E-state index < -0.39 is 11.4 Å². The fourth-order valence-corrected chi connectivity index (χ4v) is 3.23. The normalized spacial score (nSPS) is 10.7. The predicted molar refractivity (Wildman–Crippen MR) is 117 cm³/mol. The summed E-state index contributed by atoms with van der Waals surface area (Å²) in [4.78, 5) is 26.0. The Morgan fingerprint density at radius 1 is 0.871 bits per heavy atom. The molecule has 0 fully saturated rings. The number of carbonyl (C=O) groups excluding carboxylic acids is 1. The topological polar surface area (TPSA) is 75.0 Å². The summed E-state index contributed by atoms with van der Waals surface area (Å²) in [6, 6.07) is 17.9. The summed E-state index contributed by atoms with van der Waals surface area (Å²) >= 11 is 6.05. The van der Waals surface area contributed by atoms with Crippen LogP contribution in [0.15, 0.2) is 75.9 Å². The molecule has 0 aliphatic heterocycles. The van der Waals surface area contributed by atoms with Gasteiger partial charge in [0.2, 0.25) is 11.2 Å². The summed E-state index contributed by atoms with van der Waals surface area (Å²) < 4.78 is 21.8. The lowest BCUT2D eigenvalue weighted by molar-refractivity contribution is 0.0731. The van der Waals surface area contributed by atoms with Crippen molar-refractivity contribution in [2.45, 2.75) is 0 Å². The van der Waals surface area contributed by atoms with Gasteiger partial charge in [-0.2, -0.15) is 0 Å². The highest BCUT2D eigenvalue weighted by Crippen LogP contribution is 2.33. The average molecular weight is 437 g/mol. The minimum Gasteiger partial charge on any atom is -0.497 e. The highest BCUT2D eigenvalue weighted by atomic mass is 35.5. The second kappa shape index (κ2) is 8.53. The molecule has 1 heterocycles. The van der Waals surface area contributed by atoms with Gasteiger partial charge in [-0.25, -0.2) is 4.79 Å². The van der Waals surface area contributed by atoms with Crippen LogP contribution in [0.3, 0.4) is 0 Å². The first-order valence-electron chi connectivity index (χ1n) is 9.27. The van der Waals surface area contributed by atoms with E-state index in [1.165, 1.54) is 13.2 Å². The van der Waals surface area contributed by atoms with Crippen molar-refractivity contribution >= 4 is 28.5 Å². The molecule has 1 aromatic heterocycles. The second-order valence-corrected chi connectivity index (χ2v) is 7.01. The van der Waals surface area contributed by atoms with Gasteiger partial charge in [0.15, 0.2) is 5.76 Å². The number of fused-ring (bicyclic) bond motifs is 1. The van der Waals surface area contributed by atoms with Gasteiger partial charge in [0.1, 0.15) is 17.1 Å². The zero-order valence-corrected chi connectivity index (χ0v) is 17.4. The third kappa shape index (κ3) is 4.11. The Balaban J connectivity index is 1.84. The summed E-state index contributed by atoms with van der Waals surface area (Å²) in [5, 5.41) is 0.576. The molecule has 4 aromatic rings. The Morgan fingerprint density at radius 2 is 1.48 bits per heavy atom. The van der Waals surface area contributed by atoms with Gasteiger partial charge in [-0.1, -0.05) is 11.6 Å². The molecule has 0 N–H and O–H groups in total. The van der Waals surface area contributed by atoms with Gasteiger partial charge < -0.3 is 18.6 Å². The van der Waals surface area contributed by atoms with Crippen LogP contribution in [-0.4, -0.2) is 20.2 Å². The average Bonchev–Trinajstić information content (AvgIpc) is 2.81. The first-order valence-corrected chi connectivity index (χ1v) is 9.65. The van der Waals surface area contributed by atoms with Crippen molar-refractivity contribution in [3.63, 3.8) is 0 Å². The molecule has 0 saturated carbocycles. The van der Waals surface area contributed by atoms with E-state index in [0.717, 1.165) is 0 Å². The Morgan fingerprint density at radius 3 is 2.10 bits per heavy atom. The van der Waals surface area contributed by atoms with Crippen molar-refractivity contribution in [2.24, 2.45) is 0 Å². The number of hydrogen-bond acceptors (Lipinski definition) is 6. The summed E-state index contributed by atoms with van der Waals surface area (Å²) in [6.07, 6.45) is 0.